The van der Waals surface area contributed by atoms with E-state index in [9.17, 15) is 4.39 Å². The van der Waals surface area contributed by atoms with Crippen LogP contribution < -0.4 is 0 Å². The molecule has 1 aliphatic carbocycles. The first-order valence-electron chi connectivity index (χ1n) is 5.21. The van der Waals surface area contributed by atoms with E-state index in [1.165, 1.54) is 6.42 Å². The van der Waals surface area contributed by atoms with E-state index >= 15 is 0 Å². The van der Waals surface area contributed by atoms with E-state index in [4.69, 9.17) is 0 Å². The Hall–Kier alpha value is -0.0700. The van der Waals surface area contributed by atoms with E-state index in [-0.39, 0.29) is 0 Å². The molecule has 0 aliphatic heterocycles. The summed E-state index contributed by atoms with van der Waals surface area (Å²) >= 11 is 0. The maximum atomic E-state index is 14.1. The molecular formula is C11H21F. The molecule has 1 aliphatic rings. The van der Waals surface area contributed by atoms with Crippen molar-refractivity contribution in [2.75, 3.05) is 0 Å². The monoisotopic (exact) mass is 172 g/mol. The van der Waals surface area contributed by atoms with Crippen molar-refractivity contribution >= 4 is 0 Å². The number of halogens is 1. The summed E-state index contributed by atoms with van der Waals surface area (Å²) in [7, 11) is 0. The lowest BCUT2D eigenvalue weighted by atomic mass is 9.76. The summed E-state index contributed by atoms with van der Waals surface area (Å²) in [5.41, 5.74) is -0.828. The van der Waals surface area contributed by atoms with Crippen LogP contribution >= 0.6 is 0 Å². The highest BCUT2D eigenvalue weighted by molar-refractivity contribution is 4.86. The molecule has 1 heteroatoms. The van der Waals surface area contributed by atoms with Gasteiger partial charge in [0, 0.05) is 0 Å². The summed E-state index contributed by atoms with van der Waals surface area (Å²) < 4.78 is 14.1. The minimum atomic E-state index is -0.828. The average molecular weight is 172 g/mol. The van der Waals surface area contributed by atoms with E-state index in [1.807, 2.05) is 0 Å². The Kier molecular flexibility index (Phi) is 3.14. The molecule has 1 fully saturated rings. The fourth-order valence-electron chi connectivity index (χ4n) is 2.51. The van der Waals surface area contributed by atoms with Gasteiger partial charge in [-0.1, -0.05) is 33.6 Å². The standard InChI is InChI=1S/C11H21F/c1-9(2)7-11(12)6-4-5-10(3)8-11/h9-10H,4-8H2,1-3H3/t10-,11-/m1/s1. The second-order valence-corrected chi connectivity index (χ2v) is 4.95. The maximum Gasteiger partial charge on any atom is 0.111 e. The molecule has 0 aromatic rings. The number of alkyl halides is 1. The molecule has 0 radical (unpaired) electrons. The zero-order chi connectivity index (χ0) is 9.19. The number of hydrogen-bond acceptors (Lipinski definition) is 0. The highest BCUT2D eigenvalue weighted by atomic mass is 19.1. The van der Waals surface area contributed by atoms with Crippen LogP contribution in [0.2, 0.25) is 0 Å². The van der Waals surface area contributed by atoms with Crippen LogP contribution in [0.1, 0.15) is 52.9 Å². The molecule has 0 nitrogen and oxygen atoms in total. The number of rotatable bonds is 2. The van der Waals surface area contributed by atoms with Crippen LogP contribution in [0.25, 0.3) is 0 Å². The van der Waals surface area contributed by atoms with Crippen molar-refractivity contribution < 1.29 is 4.39 Å². The fraction of sp³-hybridized carbons (Fsp3) is 1.00. The molecule has 0 N–H and O–H groups in total. The first kappa shape index (κ1) is 10.0. The minimum Gasteiger partial charge on any atom is -0.244 e. The summed E-state index contributed by atoms with van der Waals surface area (Å²) in [6.45, 7) is 6.40. The van der Waals surface area contributed by atoms with Crippen molar-refractivity contribution in [1.29, 1.82) is 0 Å². The molecule has 0 aromatic heterocycles. The Morgan fingerprint density at radius 1 is 1.50 bits per heavy atom. The summed E-state index contributed by atoms with van der Waals surface area (Å²) in [5, 5.41) is 0. The lowest BCUT2D eigenvalue weighted by Crippen LogP contribution is -2.31. The molecule has 0 spiro atoms. The van der Waals surface area contributed by atoms with Crippen LogP contribution in [-0.2, 0) is 0 Å². The van der Waals surface area contributed by atoms with Gasteiger partial charge < -0.3 is 0 Å². The zero-order valence-electron chi connectivity index (χ0n) is 8.57. The number of hydrogen-bond donors (Lipinski definition) is 0. The van der Waals surface area contributed by atoms with Crippen LogP contribution in [0.4, 0.5) is 4.39 Å². The van der Waals surface area contributed by atoms with Gasteiger partial charge in [-0.3, -0.25) is 0 Å². The SMILES string of the molecule is CC(C)C[C@]1(F)CCC[C@@H](C)C1. The largest absolute Gasteiger partial charge is 0.244 e. The third kappa shape index (κ3) is 2.76. The van der Waals surface area contributed by atoms with Crippen molar-refractivity contribution in [3.05, 3.63) is 0 Å². The zero-order valence-corrected chi connectivity index (χ0v) is 8.57. The van der Waals surface area contributed by atoms with E-state index in [2.05, 4.69) is 20.8 Å². The van der Waals surface area contributed by atoms with Gasteiger partial charge >= 0.3 is 0 Å². The molecule has 1 saturated carbocycles. The van der Waals surface area contributed by atoms with Crippen molar-refractivity contribution in [3.63, 3.8) is 0 Å². The topological polar surface area (TPSA) is 0 Å². The van der Waals surface area contributed by atoms with Crippen LogP contribution in [0.5, 0.6) is 0 Å². The molecule has 0 heterocycles. The molecule has 0 aromatic carbocycles. The summed E-state index contributed by atoms with van der Waals surface area (Å²) in [6, 6.07) is 0. The van der Waals surface area contributed by atoms with E-state index in [0.717, 1.165) is 25.7 Å². The quantitative estimate of drug-likeness (QED) is 0.591. The molecular weight excluding hydrogens is 151 g/mol. The first-order chi connectivity index (χ1) is 5.52. The van der Waals surface area contributed by atoms with Gasteiger partial charge in [-0.2, -0.15) is 0 Å². The molecule has 0 saturated heterocycles. The smallest absolute Gasteiger partial charge is 0.111 e. The van der Waals surface area contributed by atoms with E-state index < -0.39 is 5.67 Å². The van der Waals surface area contributed by atoms with Crippen LogP contribution in [0.3, 0.4) is 0 Å². The van der Waals surface area contributed by atoms with Gasteiger partial charge in [-0.25, -0.2) is 4.39 Å². The molecule has 2 atom stereocenters. The Labute approximate surface area is 75.5 Å². The minimum absolute atomic E-state index is 0.500. The highest BCUT2D eigenvalue weighted by Crippen LogP contribution is 2.39. The van der Waals surface area contributed by atoms with Crippen LogP contribution in [-0.4, -0.2) is 5.67 Å². The van der Waals surface area contributed by atoms with Crippen LogP contribution in [0, 0.1) is 11.8 Å². The molecule has 0 amide bonds. The third-order valence-electron chi connectivity index (χ3n) is 2.81. The summed E-state index contributed by atoms with van der Waals surface area (Å²) in [4.78, 5) is 0. The second kappa shape index (κ2) is 3.76. The normalized spacial score (nSPS) is 37.2. The lowest BCUT2D eigenvalue weighted by molar-refractivity contribution is 0.0581. The first-order valence-corrected chi connectivity index (χ1v) is 5.21. The predicted octanol–water partition coefficient (Wildman–Crippen LogP) is 3.95. The van der Waals surface area contributed by atoms with Gasteiger partial charge in [-0.05, 0) is 31.1 Å². The second-order valence-electron chi connectivity index (χ2n) is 4.95. The molecule has 0 bridgehead atoms. The Bertz CT molecular complexity index is 138. The molecule has 12 heavy (non-hydrogen) atoms. The predicted molar refractivity (Wildman–Crippen MR) is 50.9 cm³/mol. The fourth-order valence-corrected chi connectivity index (χ4v) is 2.51. The summed E-state index contributed by atoms with van der Waals surface area (Å²) in [6.07, 6.45) is 4.67. The van der Waals surface area contributed by atoms with Crippen molar-refractivity contribution in [2.24, 2.45) is 11.8 Å². The van der Waals surface area contributed by atoms with Gasteiger partial charge in [0.05, 0.1) is 0 Å². The van der Waals surface area contributed by atoms with E-state index in [0.29, 0.717) is 11.8 Å². The average Bonchev–Trinajstić information content (AvgIpc) is 1.82. The van der Waals surface area contributed by atoms with Gasteiger partial charge in [0.25, 0.3) is 0 Å². The third-order valence-corrected chi connectivity index (χ3v) is 2.81. The van der Waals surface area contributed by atoms with Crippen molar-refractivity contribution in [1.82, 2.24) is 0 Å². The van der Waals surface area contributed by atoms with Gasteiger partial charge in [-0.15, -0.1) is 0 Å². The van der Waals surface area contributed by atoms with Crippen molar-refractivity contribution in [2.45, 2.75) is 58.5 Å². The Morgan fingerprint density at radius 3 is 2.67 bits per heavy atom. The molecule has 1 rings (SSSR count). The van der Waals surface area contributed by atoms with Gasteiger partial charge in [0.15, 0.2) is 0 Å². The lowest BCUT2D eigenvalue weighted by Gasteiger charge is -2.34. The molecule has 72 valence electrons. The van der Waals surface area contributed by atoms with Crippen molar-refractivity contribution in [3.8, 4) is 0 Å². The summed E-state index contributed by atoms with van der Waals surface area (Å²) in [5.74, 6) is 1.10. The van der Waals surface area contributed by atoms with Gasteiger partial charge in [0.1, 0.15) is 5.67 Å². The Morgan fingerprint density at radius 2 is 2.17 bits per heavy atom. The molecule has 0 unspecified atom stereocenters. The Balaban J connectivity index is 2.45. The van der Waals surface area contributed by atoms with Crippen LogP contribution in [0.15, 0.2) is 0 Å². The van der Waals surface area contributed by atoms with Gasteiger partial charge in [0.2, 0.25) is 0 Å². The maximum absolute atomic E-state index is 14.1. The van der Waals surface area contributed by atoms with E-state index in [1.54, 1.807) is 0 Å². The highest BCUT2D eigenvalue weighted by Gasteiger charge is 2.34.